The molecule has 0 atom stereocenters. The number of nitrogens with one attached hydrogen (secondary N) is 1. The van der Waals surface area contributed by atoms with Crippen LogP contribution in [0, 0.1) is 0 Å². The van der Waals surface area contributed by atoms with E-state index < -0.39 is 0 Å². The van der Waals surface area contributed by atoms with E-state index in [9.17, 15) is 9.90 Å². The van der Waals surface area contributed by atoms with E-state index in [1.165, 1.54) is 0 Å². The summed E-state index contributed by atoms with van der Waals surface area (Å²) < 4.78 is 0. The summed E-state index contributed by atoms with van der Waals surface area (Å²) in [7, 11) is 3.56. The lowest BCUT2D eigenvalue weighted by Gasteiger charge is -2.17. The topological polar surface area (TPSA) is 52.6 Å². The Balaban J connectivity index is 2.54. The van der Waals surface area contributed by atoms with Gasteiger partial charge in [0.2, 0.25) is 5.91 Å². The Morgan fingerprint density at radius 3 is 2.75 bits per heavy atom. The predicted octanol–water partition coefficient (Wildman–Crippen LogP) is 0.960. The molecular weight excluding hydrogens is 204 g/mol. The van der Waals surface area contributed by atoms with Gasteiger partial charge in [-0.25, -0.2) is 0 Å². The van der Waals surface area contributed by atoms with E-state index in [-0.39, 0.29) is 11.7 Å². The predicted molar refractivity (Wildman–Crippen MR) is 63.1 cm³/mol. The zero-order chi connectivity index (χ0) is 12.0. The summed E-state index contributed by atoms with van der Waals surface area (Å²) in [5.74, 6) is 0.299. The number of nitrogens with zero attached hydrogens (tertiary/aromatic N) is 1. The average Bonchev–Trinajstić information content (AvgIpc) is 2.28. The number of carbonyl (C=O) groups excluding carboxylic acids is 1. The molecule has 1 rings (SSSR count). The number of rotatable bonds is 5. The third-order valence-corrected chi connectivity index (χ3v) is 2.41. The Kier molecular flexibility index (Phi) is 4.79. The SMILES string of the molecule is CNCCC(=O)N(C)Cc1ccccc1O. The lowest BCUT2D eigenvalue weighted by atomic mass is 10.2. The van der Waals surface area contributed by atoms with Crippen molar-refractivity contribution in [3.63, 3.8) is 0 Å². The highest BCUT2D eigenvalue weighted by Gasteiger charge is 2.10. The lowest BCUT2D eigenvalue weighted by Crippen LogP contribution is -2.28. The Morgan fingerprint density at radius 1 is 1.44 bits per heavy atom. The van der Waals surface area contributed by atoms with Crippen molar-refractivity contribution >= 4 is 5.91 Å². The smallest absolute Gasteiger partial charge is 0.223 e. The Labute approximate surface area is 95.9 Å². The second-order valence-corrected chi connectivity index (χ2v) is 3.73. The molecule has 0 fully saturated rings. The molecule has 0 aliphatic rings. The summed E-state index contributed by atoms with van der Waals surface area (Å²) >= 11 is 0. The fourth-order valence-corrected chi connectivity index (χ4v) is 1.41. The van der Waals surface area contributed by atoms with Crippen molar-refractivity contribution < 1.29 is 9.90 Å². The van der Waals surface area contributed by atoms with Gasteiger partial charge in [0.25, 0.3) is 0 Å². The molecule has 2 N–H and O–H groups in total. The first kappa shape index (κ1) is 12.5. The minimum absolute atomic E-state index is 0.0672. The molecule has 0 heterocycles. The highest BCUT2D eigenvalue weighted by Crippen LogP contribution is 2.17. The maximum absolute atomic E-state index is 11.6. The number of benzene rings is 1. The van der Waals surface area contributed by atoms with Gasteiger partial charge < -0.3 is 15.3 Å². The summed E-state index contributed by atoms with van der Waals surface area (Å²) in [5.41, 5.74) is 0.766. The van der Waals surface area contributed by atoms with Crippen molar-refractivity contribution in [2.24, 2.45) is 0 Å². The van der Waals surface area contributed by atoms with Crippen LogP contribution in [-0.4, -0.2) is 36.6 Å². The molecule has 1 aromatic carbocycles. The molecule has 4 nitrogen and oxygen atoms in total. The molecular formula is C12H18N2O2. The van der Waals surface area contributed by atoms with Gasteiger partial charge in [0.05, 0.1) is 0 Å². The zero-order valence-electron chi connectivity index (χ0n) is 9.73. The number of para-hydroxylation sites is 1. The second-order valence-electron chi connectivity index (χ2n) is 3.73. The van der Waals surface area contributed by atoms with Crippen molar-refractivity contribution in [1.29, 1.82) is 0 Å². The third-order valence-electron chi connectivity index (χ3n) is 2.41. The number of carbonyl (C=O) groups is 1. The molecule has 1 amide bonds. The number of aromatic hydroxyl groups is 1. The van der Waals surface area contributed by atoms with Gasteiger partial charge in [0, 0.05) is 32.1 Å². The first-order valence-electron chi connectivity index (χ1n) is 5.30. The number of hydrogen-bond donors (Lipinski definition) is 2. The minimum Gasteiger partial charge on any atom is -0.508 e. The van der Waals surface area contributed by atoms with E-state index in [1.54, 1.807) is 24.1 Å². The lowest BCUT2D eigenvalue weighted by molar-refractivity contribution is -0.130. The Bertz CT molecular complexity index is 353. The summed E-state index contributed by atoms with van der Waals surface area (Å²) in [6, 6.07) is 7.06. The van der Waals surface area contributed by atoms with Gasteiger partial charge in [-0.3, -0.25) is 4.79 Å². The maximum atomic E-state index is 11.6. The average molecular weight is 222 g/mol. The molecule has 0 saturated carbocycles. The van der Waals surface area contributed by atoms with Crippen molar-refractivity contribution in [1.82, 2.24) is 10.2 Å². The van der Waals surface area contributed by atoms with E-state index >= 15 is 0 Å². The molecule has 1 aromatic rings. The number of phenolic OH excluding ortho intramolecular Hbond substituents is 1. The van der Waals surface area contributed by atoms with Crippen LogP contribution < -0.4 is 5.32 Å². The van der Waals surface area contributed by atoms with Crippen LogP contribution in [0.25, 0.3) is 0 Å². The molecule has 0 radical (unpaired) electrons. The van der Waals surface area contributed by atoms with Crippen molar-refractivity contribution in [3.05, 3.63) is 29.8 Å². The van der Waals surface area contributed by atoms with Gasteiger partial charge in [0.15, 0.2) is 0 Å². The molecule has 0 aromatic heterocycles. The normalized spacial score (nSPS) is 10.1. The molecule has 0 spiro atoms. The quantitative estimate of drug-likeness (QED) is 0.780. The van der Waals surface area contributed by atoms with Gasteiger partial charge >= 0.3 is 0 Å². The number of hydrogen-bond acceptors (Lipinski definition) is 3. The molecule has 88 valence electrons. The van der Waals surface area contributed by atoms with Crippen LogP contribution in [0.3, 0.4) is 0 Å². The van der Waals surface area contributed by atoms with E-state index in [2.05, 4.69) is 5.32 Å². The molecule has 0 unspecified atom stereocenters. The molecule has 0 aliphatic heterocycles. The standard InChI is InChI=1S/C12H18N2O2/c1-13-8-7-12(16)14(2)9-10-5-3-4-6-11(10)15/h3-6,13,15H,7-9H2,1-2H3. The van der Waals surface area contributed by atoms with Gasteiger partial charge in [-0.2, -0.15) is 0 Å². The van der Waals surface area contributed by atoms with E-state index in [0.29, 0.717) is 19.5 Å². The van der Waals surface area contributed by atoms with Crippen LogP contribution in [0.2, 0.25) is 0 Å². The Morgan fingerprint density at radius 2 is 2.12 bits per heavy atom. The van der Waals surface area contributed by atoms with Crippen molar-refractivity contribution in [2.75, 3.05) is 20.6 Å². The zero-order valence-corrected chi connectivity index (χ0v) is 9.73. The fourth-order valence-electron chi connectivity index (χ4n) is 1.41. The van der Waals surface area contributed by atoms with E-state index in [0.717, 1.165) is 5.56 Å². The number of phenols is 1. The minimum atomic E-state index is 0.0672. The van der Waals surface area contributed by atoms with Crippen LogP contribution in [0.15, 0.2) is 24.3 Å². The Hall–Kier alpha value is -1.55. The molecule has 4 heteroatoms. The monoisotopic (exact) mass is 222 g/mol. The first-order valence-corrected chi connectivity index (χ1v) is 5.30. The van der Waals surface area contributed by atoms with Gasteiger partial charge in [-0.05, 0) is 13.1 Å². The van der Waals surface area contributed by atoms with Gasteiger partial charge in [-0.15, -0.1) is 0 Å². The fraction of sp³-hybridized carbons (Fsp3) is 0.417. The van der Waals surface area contributed by atoms with Gasteiger partial charge in [0.1, 0.15) is 5.75 Å². The third kappa shape index (κ3) is 3.55. The summed E-state index contributed by atoms with van der Waals surface area (Å²) in [5, 5.41) is 12.5. The van der Waals surface area contributed by atoms with Crippen LogP contribution in [0.4, 0.5) is 0 Å². The molecule has 16 heavy (non-hydrogen) atoms. The molecule has 0 aliphatic carbocycles. The van der Waals surface area contributed by atoms with Crippen LogP contribution in [0.1, 0.15) is 12.0 Å². The number of amides is 1. The molecule has 0 saturated heterocycles. The second kappa shape index (κ2) is 6.12. The van der Waals surface area contributed by atoms with Crippen LogP contribution >= 0.6 is 0 Å². The highest BCUT2D eigenvalue weighted by molar-refractivity contribution is 5.76. The van der Waals surface area contributed by atoms with Gasteiger partial charge in [-0.1, -0.05) is 18.2 Å². The van der Waals surface area contributed by atoms with Crippen molar-refractivity contribution in [3.8, 4) is 5.75 Å². The van der Waals surface area contributed by atoms with Crippen molar-refractivity contribution in [2.45, 2.75) is 13.0 Å². The maximum Gasteiger partial charge on any atom is 0.223 e. The highest BCUT2D eigenvalue weighted by atomic mass is 16.3. The summed E-state index contributed by atoms with van der Waals surface area (Å²) in [6.07, 6.45) is 0.473. The summed E-state index contributed by atoms with van der Waals surface area (Å²) in [4.78, 5) is 13.2. The van der Waals surface area contributed by atoms with E-state index in [4.69, 9.17) is 0 Å². The first-order chi connectivity index (χ1) is 7.65. The molecule has 0 bridgehead atoms. The largest absolute Gasteiger partial charge is 0.508 e. The van der Waals surface area contributed by atoms with Crippen LogP contribution in [0.5, 0.6) is 5.75 Å². The van der Waals surface area contributed by atoms with Crippen LogP contribution in [-0.2, 0) is 11.3 Å². The summed E-state index contributed by atoms with van der Waals surface area (Å²) in [6.45, 7) is 1.11. The van der Waals surface area contributed by atoms with E-state index in [1.807, 2.05) is 19.2 Å².